The number of likely N-dealkylation sites (N-methyl/N-ethyl adjacent to an activating group) is 1. The maximum absolute atomic E-state index is 13.4. The third-order valence-electron chi connectivity index (χ3n) is 6.17. The Balaban J connectivity index is 1.75. The molecule has 0 aliphatic heterocycles. The van der Waals surface area contributed by atoms with Crippen LogP contribution in [0.2, 0.25) is 0 Å². The summed E-state index contributed by atoms with van der Waals surface area (Å²) in [7, 11) is -2.16. The summed E-state index contributed by atoms with van der Waals surface area (Å²) >= 11 is 0. The van der Waals surface area contributed by atoms with Crippen molar-refractivity contribution in [1.82, 2.24) is 4.90 Å². The number of carbonyl (C=O) groups excluding carboxylic acids is 2. The molecular weight excluding hydrogens is 440 g/mol. The van der Waals surface area contributed by atoms with Gasteiger partial charge in [0.2, 0.25) is 0 Å². The number of nitrogens with zero attached hydrogens (tertiary/aromatic N) is 2. The fraction of sp³-hybridized carbons (Fsp3) is 0.440. The van der Waals surface area contributed by atoms with E-state index in [1.165, 1.54) is 22.9 Å². The number of para-hydroxylation sites is 1. The Morgan fingerprint density at radius 3 is 2.33 bits per heavy atom. The highest BCUT2D eigenvalue weighted by atomic mass is 32.2. The largest absolute Gasteiger partial charge is 0.452 e. The lowest BCUT2D eigenvalue weighted by atomic mass is 9.94. The van der Waals surface area contributed by atoms with Crippen LogP contribution in [0.5, 0.6) is 0 Å². The van der Waals surface area contributed by atoms with Gasteiger partial charge in [-0.25, -0.2) is 13.2 Å². The van der Waals surface area contributed by atoms with Crippen LogP contribution in [0.25, 0.3) is 0 Å². The minimum Gasteiger partial charge on any atom is -0.452 e. The molecule has 0 saturated heterocycles. The van der Waals surface area contributed by atoms with Crippen molar-refractivity contribution in [3.05, 3.63) is 59.7 Å². The van der Waals surface area contributed by atoms with Crippen LogP contribution >= 0.6 is 0 Å². The molecule has 1 saturated carbocycles. The molecule has 0 atom stereocenters. The molecule has 1 amide bonds. The molecule has 1 aliphatic carbocycles. The molecule has 2 aromatic rings. The Bertz CT molecular complexity index is 1080. The van der Waals surface area contributed by atoms with Crippen molar-refractivity contribution in [1.29, 1.82) is 0 Å². The van der Waals surface area contributed by atoms with Gasteiger partial charge in [0, 0.05) is 19.6 Å². The van der Waals surface area contributed by atoms with Crippen LogP contribution in [0.1, 0.15) is 54.9 Å². The number of hydrogen-bond donors (Lipinski definition) is 0. The first kappa shape index (κ1) is 24.8. The number of sulfonamides is 1. The van der Waals surface area contributed by atoms with Gasteiger partial charge in [-0.3, -0.25) is 9.10 Å². The maximum Gasteiger partial charge on any atom is 0.338 e. The maximum atomic E-state index is 13.4. The average molecular weight is 473 g/mol. The molecule has 33 heavy (non-hydrogen) atoms. The first-order valence-corrected chi connectivity index (χ1v) is 12.8. The molecule has 1 aliphatic rings. The van der Waals surface area contributed by atoms with E-state index in [4.69, 9.17) is 4.74 Å². The molecule has 8 heteroatoms. The molecule has 178 valence electrons. The predicted molar refractivity (Wildman–Crippen MR) is 128 cm³/mol. The highest BCUT2D eigenvalue weighted by Crippen LogP contribution is 2.27. The standard InChI is InChI=1S/C25H32N2O5S/c1-4-27(22-13-9-6-10-14-22)33(30,31)23-17-20(16-15-19(23)2)25(29)32-18-24(28)26(3)21-11-7-5-8-12-21/h6,9-10,13-17,21H,4-5,7-8,11-12,18H2,1-3H3. The fourth-order valence-electron chi connectivity index (χ4n) is 4.19. The second-order valence-corrected chi connectivity index (χ2v) is 10.2. The average Bonchev–Trinajstić information content (AvgIpc) is 2.83. The molecule has 0 unspecified atom stereocenters. The van der Waals surface area contributed by atoms with Crippen LogP contribution in [-0.2, 0) is 19.6 Å². The summed E-state index contributed by atoms with van der Waals surface area (Å²) in [6, 6.07) is 13.4. The summed E-state index contributed by atoms with van der Waals surface area (Å²) < 4.78 is 33.3. The Labute approximate surface area is 196 Å². The molecule has 3 rings (SSSR count). The van der Waals surface area contributed by atoms with E-state index in [1.807, 2.05) is 6.07 Å². The lowest BCUT2D eigenvalue weighted by Crippen LogP contribution is -2.40. The van der Waals surface area contributed by atoms with E-state index in [9.17, 15) is 18.0 Å². The Hall–Kier alpha value is -2.87. The summed E-state index contributed by atoms with van der Waals surface area (Å²) in [6.07, 6.45) is 5.31. The zero-order chi connectivity index (χ0) is 24.0. The number of rotatable bonds is 8. The summed E-state index contributed by atoms with van der Waals surface area (Å²) in [5.41, 5.74) is 1.16. The number of hydrogen-bond acceptors (Lipinski definition) is 5. The zero-order valence-corrected chi connectivity index (χ0v) is 20.3. The van der Waals surface area contributed by atoms with Gasteiger partial charge in [0.05, 0.1) is 16.1 Å². The Morgan fingerprint density at radius 2 is 1.70 bits per heavy atom. The number of carbonyl (C=O) groups is 2. The van der Waals surface area contributed by atoms with Gasteiger partial charge in [0.25, 0.3) is 15.9 Å². The third-order valence-corrected chi connectivity index (χ3v) is 8.21. The number of esters is 1. The van der Waals surface area contributed by atoms with Crippen LogP contribution in [-0.4, -0.2) is 51.4 Å². The van der Waals surface area contributed by atoms with Crippen LogP contribution in [0.4, 0.5) is 5.69 Å². The van der Waals surface area contributed by atoms with Crippen molar-refractivity contribution in [2.45, 2.75) is 56.9 Å². The number of amides is 1. The number of anilines is 1. The van der Waals surface area contributed by atoms with Gasteiger partial charge in [-0.05, 0) is 56.5 Å². The number of aryl methyl sites for hydroxylation is 1. The van der Waals surface area contributed by atoms with Gasteiger partial charge in [0.1, 0.15) is 0 Å². The van der Waals surface area contributed by atoms with Crippen molar-refractivity contribution in [3.8, 4) is 0 Å². The quantitative estimate of drug-likeness (QED) is 0.539. The molecule has 7 nitrogen and oxygen atoms in total. The lowest BCUT2D eigenvalue weighted by Gasteiger charge is -2.31. The van der Waals surface area contributed by atoms with Crippen molar-refractivity contribution in [2.24, 2.45) is 0 Å². The SMILES string of the molecule is CCN(c1ccccc1)S(=O)(=O)c1cc(C(=O)OCC(=O)N(C)C2CCCCC2)ccc1C. The van der Waals surface area contributed by atoms with E-state index in [2.05, 4.69) is 0 Å². The molecule has 0 radical (unpaired) electrons. The molecule has 0 bridgehead atoms. The minimum absolute atomic E-state index is 0.0355. The van der Waals surface area contributed by atoms with Gasteiger partial charge in [-0.15, -0.1) is 0 Å². The third kappa shape index (κ3) is 5.74. The molecular formula is C25H32N2O5S. The summed E-state index contributed by atoms with van der Waals surface area (Å²) in [6.45, 7) is 3.31. The molecule has 0 spiro atoms. The predicted octanol–water partition coefficient (Wildman–Crippen LogP) is 4.16. The molecule has 1 fully saturated rings. The van der Waals surface area contributed by atoms with Crippen LogP contribution in [0.3, 0.4) is 0 Å². The van der Waals surface area contributed by atoms with Crippen molar-refractivity contribution < 1.29 is 22.7 Å². The van der Waals surface area contributed by atoms with Crippen LogP contribution in [0.15, 0.2) is 53.4 Å². The lowest BCUT2D eigenvalue weighted by molar-refractivity contribution is -0.135. The second-order valence-electron chi connectivity index (χ2n) is 8.36. The van der Waals surface area contributed by atoms with E-state index in [0.717, 1.165) is 25.7 Å². The normalized spacial score (nSPS) is 14.5. The summed E-state index contributed by atoms with van der Waals surface area (Å²) in [5.74, 6) is -0.976. The smallest absolute Gasteiger partial charge is 0.338 e. The van der Waals surface area contributed by atoms with Crippen molar-refractivity contribution in [3.63, 3.8) is 0 Å². The van der Waals surface area contributed by atoms with Gasteiger partial charge in [0.15, 0.2) is 6.61 Å². The monoisotopic (exact) mass is 472 g/mol. The first-order valence-electron chi connectivity index (χ1n) is 11.4. The van der Waals surface area contributed by atoms with Crippen molar-refractivity contribution >= 4 is 27.6 Å². The Morgan fingerprint density at radius 1 is 1.03 bits per heavy atom. The summed E-state index contributed by atoms with van der Waals surface area (Å²) in [4.78, 5) is 26.8. The van der Waals surface area contributed by atoms with E-state index in [-0.39, 0.29) is 35.6 Å². The molecule has 0 aromatic heterocycles. The van der Waals surface area contributed by atoms with E-state index in [0.29, 0.717) is 11.3 Å². The van der Waals surface area contributed by atoms with Gasteiger partial charge < -0.3 is 9.64 Å². The molecule has 2 aromatic carbocycles. The second kappa shape index (κ2) is 10.8. The van der Waals surface area contributed by atoms with E-state index < -0.39 is 16.0 Å². The minimum atomic E-state index is -3.90. The summed E-state index contributed by atoms with van der Waals surface area (Å²) in [5, 5.41) is 0. The van der Waals surface area contributed by atoms with E-state index in [1.54, 1.807) is 56.1 Å². The zero-order valence-electron chi connectivity index (χ0n) is 19.5. The van der Waals surface area contributed by atoms with Crippen LogP contribution in [0, 0.1) is 6.92 Å². The van der Waals surface area contributed by atoms with Crippen molar-refractivity contribution in [2.75, 3.05) is 24.5 Å². The van der Waals surface area contributed by atoms with Gasteiger partial charge >= 0.3 is 5.97 Å². The first-order chi connectivity index (χ1) is 15.8. The van der Waals surface area contributed by atoms with Crippen LogP contribution < -0.4 is 4.31 Å². The number of ether oxygens (including phenoxy) is 1. The molecule has 0 N–H and O–H groups in total. The Kier molecular flexibility index (Phi) is 8.13. The topological polar surface area (TPSA) is 84.0 Å². The molecule has 0 heterocycles. The fourth-order valence-corrected chi connectivity index (χ4v) is 5.92. The highest BCUT2D eigenvalue weighted by molar-refractivity contribution is 7.92. The van der Waals surface area contributed by atoms with E-state index >= 15 is 0 Å². The highest BCUT2D eigenvalue weighted by Gasteiger charge is 2.27. The van der Waals surface area contributed by atoms with Gasteiger partial charge in [-0.2, -0.15) is 0 Å². The van der Waals surface area contributed by atoms with Gasteiger partial charge in [-0.1, -0.05) is 43.5 Å². The number of benzene rings is 2.